The Morgan fingerprint density at radius 1 is 1.11 bits per heavy atom. The Morgan fingerprint density at radius 2 is 1.70 bits per heavy atom. The fraction of sp³-hybridized carbons (Fsp3) is 0.789. The van der Waals surface area contributed by atoms with Crippen molar-refractivity contribution in [3.05, 3.63) is 11.6 Å². The van der Waals surface area contributed by atoms with Gasteiger partial charge < -0.3 is 10.2 Å². The van der Waals surface area contributed by atoms with Gasteiger partial charge in [-0.3, -0.25) is 0 Å². The van der Waals surface area contributed by atoms with Gasteiger partial charge in [-0.2, -0.15) is 26.3 Å². The third kappa shape index (κ3) is 3.17. The topological polar surface area (TPSA) is 40.5 Å². The first-order valence-corrected chi connectivity index (χ1v) is 9.02. The second kappa shape index (κ2) is 6.15. The lowest BCUT2D eigenvalue weighted by Crippen LogP contribution is -2.55. The molecule has 2 N–H and O–H groups in total. The van der Waals surface area contributed by atoms with Crippen LogP contribution < -0.4 is 0 Å². The smallest absolute Gasteiger partial charge is 0.393 e. The van der Waals surface area contributed by atoms with Crippen molar-refractivity contribution < 1.29 is 36.6 Å². The number of hydrogen-bond donors (Lipinski definition) is 2. The number of halogens is 6. The summed E-state index contributed by atoms with van der Waals surface area (Å²) in [4.78, 5) is 0. The molecule has 0 bridgehead atoms. The lowest BCUT2D eigenvalue weighted by atomic mass is 9.62. The van der Waals surface area contributed by atoms with Crippen LogP contribution in [-0.2, 0) is 0 Å². The predicted molar refractivity (Wildman–Crippen MR) is 85.3 cm³/mol. The molecule has 3 aliphatic rings. The Hall–Kier alpha value is -1.20. The summed E-state index contributed by atoms with van der Waals surface area (Å²) in [7, 11) is 0. The standard InChI is InChI=1S/C19H22F6O2/c1-15-7-2-4-13(26)12(15)5-6-14(15)16(10-11-16)8-3-9-17(27,18(20,21)22)19(23,24)25/h6,12-13,26-27H,2,4-5,7-8,10-11H2,1H3/t12?,13-,15+/m0/s1. The van der Waals surface area contributed by atoms with E-state index in [1.54, 1.807) is 0 Å². The van der Waals surface area contributed by atoms with Gasteiger partial charge in [-0.25, -0.2) is 0 Å². The number of aliphatic hydroxyl groups excluding tert-OH is 1. The van der Waals surface area contributed by atoms with E-state index in [9.17, 15) is 31.4 Å². The average molecular weight is 396 g/mol. The van der Waals surface area contributed by atoms with E-state index in [-0.39, 0.29) is 17.8 Å². The maximum atomic E-state index is 12.8. The second-order valence-electron chi connectivity index (χ2n) is 8.30. The first-order valence-electron chi connectivity index (χ1n) is 9.02. The number of rotatable bonds is 2. The molecule has 3 rings (SSSR count). The van der Waals surface area contributed by atoms with E-state index in [4.69, 9.17) is 5.11 Å². The molecule has 0 saturated heterocycles. The maximum Gasteiger partial charge on any atom is 0.438 e. The fourth-order valence-corrected chi connectivity index (χ4v) is 4.88. The Balaban J connectivity index is 1.83. The van der Waals surface area contributed by atoms with Crippen LogP contribution in [0.25, 0.3) is 0 Å². The molecule has 2 saturated carbocycles. The van der Waals surface area contributed by atoms with Gasteiger partial charge in [0.15, 0.2) is 0 Å². The van der Waals surface area contributed by atoms with Crippen molar-refractivity contribution in [3.63, 3.8) is 0 Å². The third-order valence-corrected chi connectivity index (χ3v) is 6.61. The van der Waals surface area contributed by atoms with Gasteiger partial charge in [0, 0.05) is 11.8 Å². The third-order valence-electron chi connectivity index (χ3n) is 6.61. The first kappa shape index (κ1) is 20.5. The molecule has 3 atom stereocenters. The molecular weight excluding hydrogens is 374 g/mol. The minimum Gasteiger partial charge on any atom is -0.393 e. The van der Waals surface area contributed by atoms with Crippen molar-refractivity contribution in [2.75, 3.05) is 0 Å². The van der Waals surface area contributed by atoms with E-state index < -0.39 is 29.5 Å². The van der Waals surface area contributed by atoms with E-state index in [1.807, 2.05) is 18.9 Å². The molecule has 2 nitrogen and oxygen atoms in total. The highest BCUT2D eigenvalue weighted by Gasteiger charge is 2.70. The van der Waals surface area contributed by atoms with Gasteiger partial charge in [0.25, 0.3) is 0 Å². The SMILES string of the molecule is C[C@@]12CCC[C@H](O)C1CC=C2C1(CC#CC(O)(C(F)(F)F)C(F)(F)F)CC1. The van der Waals surface area contributed by atoms with Crippen LogP contribution in [0.2, 0.25) is 0 Å². The van der Waals surface area contributed by atoms with Crippen molar-refractivity contribution in [2.45, 2.75) is 75.9 Å². The summed E-state index contributed by atoms with van der Waals surface area (Å²) in [6.07, 6.45) is -6.14. The van der Waals surface area contributed by atoms with Gasteiger partial charge in [-0.1, -0.05) is 24.5 Å². The van der Waals surface area contributed by atoms with Crippen molar-refractivity contribution >= 4 is 0 Å². The fourth-order valence-electron chi connectivity index (χ4n) is 4.88. The average Bonchev–Trinajstić information content (AvgIpc) is 3.19. The van der Waals surface area contributed by atoms with Crippen LogP contribution >= 0.6 is 0 Å². The van der Waals surface area contributed by atoms with Crippen LogP contribution in [0.1, 0.15) is 51.9 Å². The molecule has 1 unspecified atom stereocenters. The van der Waals surface area contributed by atoms with Gasteiger partial charge >= 0.3 is 18.0 Å². The van der Waals surface area contributed by atoms with Crippen LogP contribution in [0.15, 0.2) is 11.6 Å². The molecule has 0 amide bonds. The molecule has 0 aromatic carbocycles. The summed E-state index contributed by atoms with van der Waals surface area (Å²) >= 11 is 0. The van der Waals surface area contributed by atoms with Crippen LogP contribution in [0.4, 0.5) is 26.3 Å². The first-order chi connectivity index (χ1) is 12.3. The number of allylic oxidation sites excluding steroid dienone is 2. The monoisotopic (exact) mass is 396 g/mol. The lowest BCUT2D eigenvalue weighted by Gasteiger charge is -2.44. The molecule has 0 aromatic rings. The van der Waals surface area contributed by atoms with Gasteiger partial charge in [-0.15, -0.1) is 0 Å². The summed E-state index contributed by atoms with van der Waals surface area (Å²) < 4.78 is 76.5. The van der Waals surface area contributed by atoms with Crippen molar-refractivity contribution in [1.29, 1.82) is 0 Å². The predicted octanol–water partition coefficient (Wildman–Crippen LogP) is 4.51. The van der Waals surface area contributed by atoms with Crippen LogP contribution in [-0.4, -0.2) is 34.3 Å². The largest absolute Gasteiger partial charge is 0.438 e. The summed E-state index contributed by atoms with van der Waals surface area (Å²) in [5.74, 6) is 3.10. The Bertz CT molecular complexity index is 678. The van der Waals surface area contributed by atoms with Crippen LogP contribution in [0.5, 0.6) is 0 Å². The minimum absolute atomic E-state index is 0.0361. The Labute approximate surface area is 153 Å². The molecule has 0 spiro atoms. The molecule has 27 heavy (non-hydrogen) atoms. The normalized spacial score (nSPS) is 33.0. The maximum absolute atomic E-state index is 12.8. The van der Waals surface area contributed by atoms with E-state index in [1.165, 1.54) is 0 Å². The summed E-state index contributed by atoms with van der Waals surface area (Å²) in [5.41, 5.74) is -4.84. The lowest BCUT2D eigenvalue weighted by molar-refractivity contribution is -0.343. The zero-order valence-electron chi connectivity index (χ0n) is 14.8. The number of hydrogen-bond acceptors (Lipinski definition) is 2. The zero-order chi connectivity index (χ0) is 20.3. The van der Waals surface area contributed by atoms with E-state index in [2.05, 4.69) is 0 Å². The van der Waals surface area contributed by atoms with Crippen LogP contribution in [0.3, 0.4) is 0 Å². The Kier molecular flexibility index (Phi) is 4.68. The van der Waals surface area contributed by atoms with E-state index in [0.717, 1.165) is 24.3 Å². The molecule has 8 heteroatoms. The van der Waals surface area contributed by atoms with E-state index >= 15 is 0 Å². The minimum atomic E-state index is -5.92. The molecule has 152 valence electrons. The van der Waals surface area contributed by atoms with Gasteiger partial charge in [0.2, 0.25) is 0 Å². The number of fused-ring (bicyclic) bond motifs is 1. The highest BCUT2D eigenvalue weighted by Crippen LogP contribution is 2.66. The van der Waals surface area contributed by atoms with Gasteiger partial charge in [0.05, 0.1) is 6.10 Å². The summed E-state index contributed by atoms with van der Waals surface area (Å²) in [6, 6.07) is 0. The van der Waals surface area contributed by atoms with Crippen LogP contribution in [0, 0.1) is 28.6 Å². The molecular formula is C19H22F6O2. The molecule has 3 aliphatic carbocycles. The van der Waals surface area contributed by atoms with Crippen molar-refractivity contribution in [3.8, 4) is 11.8 Å². The Morgan fingerprint density at radius 3 is 2.22 bits per heavy atom. The second-order valence-corrected chi connectivity index (χ2v) is 8.30. The highest BCUT2D eigenvalue weighted by atomic mass is 19.4. The molecule has 0 aliphatic heterocycles. The molecule has 0 radical (unpaired) electrons. The van der Waals surface area contributed by atoms with E-state index in [0.29, 0.717) is 25.7 Å². The summed E-state index contributed by atoms with van der Waals surface area (Å²) in [6.45, 7) is 2.02. The number of alkyl halides is 6. The van der Waals surface area contributed by atoms with Gasteiger partial charge in [-0.05, 0) is 55.8 Å². The number of aliphatic hydroxyl groups is 2. The quantitative estimate of drug-likeness (QED) is 0.410. The molecule has 2 fully saturated rings. The summed E-state index contributed by atoms with van der Waals surface area (Å²) in [5, 5.41) is 19.4. The van der Waals surface area contributed by atoms with Crippen molar-refractivity contribution in [2.24, 2.45) is 16.7 Å². The highest BCUT2D eigenvalue weighted by molar-refractivity contribution is 5.37. The molecule has 0 heterocycles. The van der Waals surface area contributed by atoms with Crippen molar-refractivity contribution in [1.82, 2.24) is 0 Å². The van der Waals surface area contributed by atoms with Gasteiger partial charge in [0.1, 0.15) is 0 Å². The zero-order valence-corrected chi connectivity index (χ0v) is 14.8. The molecule has 0 aromatic heterocycles.